The predicted molar refractivity (Wildman–Crippen MR) is 113 cm³/mol. The molecule has 1 aliphatic heterocycles. The van der Waals surface area contributed by atoms with Gasteiger partial charge in [-0.25, -0.2) is 0 Å². The van der Waals surface area contributed by atoms with Crippen LogP contribution in [-0.2, 0) is 4.79 Å². The number of amides is 1. The molecule has 1 saturated heterocycles. The second-order valence-electron chi connectivity index (χ2n) is 10.0. The topological polar surface area (TPSA) is 36.8 Å². The summed E-state index contributed by atoms with van der Waals surface area (Å²) >= 11 is 6.37. The molecule has 4 aliphatic carbocycles. The lowest BCUT2D eigenvalue weighted by Crippen LogP contribution is -3.19. The smallest absolute Gasteiger partial charge is 0.278 e. The van der Waals surface area contributed by atoms with Crippen LogP contribution >= 0.6 is 11.6 Å². The average Bonchev–Trinajstić information content (AvgIpc) is 2.66. The number of halogens is 1. The van der Waals surface area contributed by atoms with E-state index in [0.717, 1.165) is 54.6 Å². The molecule has 1 heterocycles. The first-order valence-electron chi connectivity index (χ1n) is 11.2. The van der Waals surface area contributed by atoms with E-state index < -0.39 is 0 Å². The number of hydrogen-bond acceptors (Lipinski definition) is 2. The molecule has 2 N–H and O–H groups in total. The van der Waals surface area contributed by atoms with Gasteiger partial charge in [-0.1, -0.05) is 23.7 Å². The summed E-state index contributed by atoms with van der Waals surface area (Å²) in [6.45, 7) is 6.00. The monoisotopic (exact) mass is 402 g/mol. The van der Waals surface area contributed by atoms with Gasteiger partial charge in [0.15, 0.2) is 6.04 Å². The van der Waals surface area contributed by atoms with Crippen molar-refractivity contribution < 1.29 is 9.69 Å². The zero-order valence-corrected chi connectivity index (χ0v) is 17.7. The summed E-state index contributed by atoms with van der Waals surface area (Å²) in [7, 11) is 0. The minimum absolute atomic E-state index is 0.0291. The maximum atomic E-state index is 13.2. The Morgan fingerprint density at radius 1 is 1.11 bits per heavy atom. The van der Waals surface area contributed by atoms with Crippen LogP contribution in [0.15, 0.2) is 24.3 Å². The highest BCUT2D eigenvalue weighted by molar-refractivity contribution is 6.33. The van der Waals surface area contributed by atoms with E-state index in [0.29, 0.717) is 0 Å². The molecule has 4 saturated carbocycles. The van der Waals surface area contributed by atoms with Gasteiger partial charge in [-0.2, -0.15) is 0 Å². The number of piperazine rings is 1. The lowest BCUT2D eigenvalue weighted by atomic mass is 9.53. The Balaban J connectivity index is 1.19. The van der Waals surface area contributed by atoms with E-state index in [4.69, 9.17) is 11.6 Å². The van der Waals surface area contributed by atoms with Crippen LogP contribution in [0.3, 0.4) is 0 Å². The lowest BCUT2D eigenvalue weighted by Gasteiger charge is -2.57. The molecule has 1 amide bonds. The number of nitrogens with zero attached hydrogens (tertiary/aromatic N) is 1. The van der Waals surface area contributed by atoms with Gasteiger partial charge < -0.3 is 15.1 Å². The van der Waals surface area contributed by atoms with Crippen molar-refractivity contribution in [1.29, 1.82) is 0 Å². The Labute approximate surface area is 173 Å². The van der Waals surface area contributed by atoms with E-state index in [-0.39, 0.29) is 17.5 Å². The first-order valence-corrected chi connectivity index (χ1v) is 11.6. The van der Waals surface area contributed by atoms with Crippen LogP contribution < -0.4 is 15.1 Å². The number of nitrogens with one attached hydrogen (secondary N) is 2. The molecule has 0 spiro atoms. The Bertz CT molecular complexity index is 708. The highest BCUT2D eigenvalue weighted by Crippen LogP contribution is 2.55. The van der Waals surface area contributed by atoms with Crippen LogP contribution in [0.4, 0.5) is 5.69 Å². The third kappa shape index (κ3) is 3.43. The molecule has 28 heavy (non-hydrogen) atoms. The van der Waals surface area contributed by atoms with Crippen LogP contribution in [0.2, 0.25) is 5.02 Å². The number of rotatable bonds is 4. The van der Waals surface area contributed by atoms with Gasteiger partial charge in [-0.05, 0) is 75.3 Å². The molecule has 5 fully saturated rings. The molecule has 6 rings (SSSR count). The van der Waals surface area contributed by atoms with E-state index >= 15 is 0 Å². The van der Waals surface area contributed by atoms with Crippen LogP contribution in [0.5, 0.6) is 0 Å². The van der Waals surface area contributed by atoms with Gasteiger partial charge in [0.05, 0.1) is 36.9 Å². The number of hydrogen-bond donors (Lipinski definition) is 2. The molecular weight excluding hydrogens is 370 g/mol. The van der Waals surface area contributed by atoms with Crippen molar-refractivity contribution in [3.05, 3.63) is 29.3 Å². The van der Waals surface area contributed by atoms with Gasteiger partial charge in [0.1, 0.15) is 0 Å². The molecule has 5 heteroatoms. The molecule has 152 valence electrons. The van der Waals surface area contributed by atoms with Crippen molar-refractivity contribution in [2.75, 3.05) is 31.1 Å². The lowest BCUT2D eigenvalue weighted by molar-refractivity contribution is -0.914. The molecule has 4 bridgehead atoms. The summed E-state index contributed by atoms with van der Waals surface area (Å²) in [4.78, 5) is 16.9. The highest BCUT2D eigenvalue weighted by Gasteiger charge is 2.52. The fourth-order valence-electron chi connectivity index (χ4n) is 6.99. The number of carbonyl (C=O) groups excluding carboxylic acids is 1. The largest absolute Gasteiger partial charge is 0.359 e. The number of para-hydroxylation sites is 1. The van der Waals surface area contributed by atoms with Gasteiger partial charge in [0, 0.05) is 5.54 Å². The molecule has 4 nitrogen and oxygen atoms in total. The van der Waals surface area contributed by atoms with Crippen molar-refractivity contribution >= 4 is 23.2 Å². The van der Waals surface area contributed by atoms with Crippen molar-refractivity contribution in [2.45, 2.75) is 57.0 Å². The average molecular weight is 403 g/mol. The summed E-state index contributed by atoms with van der Waals surface area (Å²) < 4.78 is 0. The number of quaternary nitrogens is 1. The maximum Gasteiger partial charge on any atom is 0.278 e. The molecule has 1 aromatic carbocycles. The van der Waals surface area contributed by atoms with Crippen LogP contribution in [0.1, 0.15) is 45.4 Å². The second kappa shape index (κ2) is 7.21. The summed E-state index contributed by atoms with van der Waals surface area (Å²) in [5.41, 5.74) is 1.24. The number of carbonyl (C=O) groups is 1. The second-order valence-corrected chi connectivity index (χ2v) is 10.4. The zero-order chi connectivity index (χ0) is 19.3. The summed E-state index contributed by atoms with van der Waals surface area (Å²) in [6.07, 6.45) is 7.94. The SMILES string of the molecule is C[C@H](C(=O)NC12CC3CC(CC(C3)C1)C2)[NH+]1CCN(c2ccccc2Cl)CC1. The third-order valence-corrected chi connectivity index (χ3v) is 8.35. The maximum absolute atomic E-state index is 13.2. The predicted octanol–water partition coefficient (Wildman–Crippen LogP) is 2.52. The Kier molecular flexibility index (Phi) is 4.83. The van der Waals surface area contributed by atoms with Gasteiger partial charge >= 0.3 is 0 Å². The van der Waals surface area contributed by atoms with Gasteiger partial charge in [-0.15, -0.1) is 0 Å². The van der Waals surface area contributed by atoms with Gasteiger partial charge in [-0.3, -0.25) is 4.79 Å². The van der Waals surface area contributed by atoms with Crippen LogP contribution in [0.25, 0.3) is 0 Å². The molecule has 0 radical (unpaired) electrons. The zero-order valence-electron chi connectivity index (χ0n) is 16.9. The molecule has 1 aromatic rings. The molecule has 1 atom stereocenters. The van der Waals surface area contributed by atoms with Gasteiger partial charge in [0.25, 0.3) is 5.91 Å². The van der Waals surface area contributed by atoms with E-state index in [1.165, 1.54) is 43.4 Å². The van der Waals surface area contributed by atoms with Crippen molar-refractivity contribution in [1.82, 2.24) is 5.32 Å². The van der Waals surface area contributed by atoms with Crippen molar-refractivity contribution in [2.24, 2.45) is 17.8 Å². The fraction of sp³-hybridized carbons (Fsp3) is 0.696. The quantitative estimate of drug-likeness (QED) is 0.811. The third-order valence-electron chi connectivity index (χ3n) is 8.03. The van der Waals surface area contributed by atoms with Crippen molar-refractivity contribution in [3.63, 3.8) is 0 Å². The summed E-state index contributed by atoms with van der Waals surface area (Å²) in [5.74, 6) is 2.89. The minimum Gasteiger partial charge on any atom is -0.359 e. The van der Waals surface area contributed by atoms with E-state index in [9.17, 15) is 4.79 Å². The van der Waals surface area contributed by atoms with Gasteiger partial charge in [0.2, 0.25) is 0 Å². The Hall–Kier alpha value is -1.26. The Morgan fingerprint density at radius 2 is 1.68 bits per heavy atom. The van der Waals surface area contributed by atoms with Crippen molar-refractivity contribution in [3.8, 4) is 0 Å². The fourth-order valence-corrected chi connectivity index (χ4v) is 7.25. The molecular formula is C23H33ClN3O+. The normalized spacial score (nSPS) is 35.8. The minimum atomic E-state index is 0.0291. The van der Waals surface area contributed by atoms with Crippen LogP contribution in [0, 0.1) is 17.8 Å². The first-order chi connectivity index (χ1) is 13.5. The van der Waals surface area contributed by atoms with Crippen LogP contribution in [-0.4, -0.2) is 43.7 Å². The van der Waals surface area contributed by atoms with E-state index in [1.54, 1.807) is 0 Å². The molecule has 0 unspecified atom stereocenters. The summed E-state index contributed by atoms with van der Waals surface area (Å²) in [6, 6.07) is 8.10. The number of anilines is 1. The Morgan fingerprint density at radius 3 is 2.25 bits per heavy atom. The number of benzene rings is 1. The first kappa shape index (κ1) is 18.7. The standard InChI is InChI=1S/C23H32ClN3O/c1-16(26-6-8-27(9-7-26)21-5-3-2-4-20(21)24)22(28)25-23-13-17-10-18(14-23)12-19(11-17)15-23/h2-5,16-19H,6-15H2,1H3,(H,25,28)/p+1/t16-,17?,18?,19?,23?/m1/s1. The van der Waals surface area contributed by atoms with E-state index in [1.807, 2.05) is 18.2 Å². The van der Waals surface area contributed by atoms with E-state index in [2.05, 4.69) is 23.2 Å². The molecule has 0 aromatic heterocycles. The summed E-state index contributed by atoms with van der Waals surface area (Å²) in [5, 5.41) is 4.40. The highest BCUT2D eigenvalue weighted by atomic mass is 35.5. The molecule has 5 aliphatic rings.